The van der Waals surface area contributed by atoms with Gasteiger partial charge in [0.05, 0.1) is 13.0 Å². The average Bonchev–Trinajstić information content (AvgIpc) is 3.15. The van der Waals surface area contributed by atoms with Crippen LogP contribution in [0.4, 0.5) is 11.6 Å². The van der Waals surface area contributed by atoms with E-state index in [1.165, 1.54) is 0 Å². The monoisotopic (exact) mass is 381 g/mol. The van der Waals surface area contributed by atoms with Gasteiger partial charge >= 0.3 is 0 Å². The molecule has 2 aromatic rings. The lowest BCUT2D eigenvalue weighted by Gasteiger charge is -2.35. The summed E-state index contributed by atoms with van der Waals surface area (Å²) in [5.74, 6) is 1.17. The topological polar surface area (TPSA) is 78.9 Å². The third kappa shape index (κ3) is 3.62. The SMILES string of the molecule is COc1ccc(N2CC(C(=O)N3CCN(c4ncccn4)CC3)CC2=O)cc1. The molecule has 2 saturated heterocycles. The molecule has 4 rings (SSSR count). The van der Waals surface area contributed by atoms with Gasteiger partial charge in [-0.05, 0) is 30.3 Å². The molecule has 8 heteroatoms. The molecule has 0 aliphatic carbocycles. The fourth-order valence-electron chi connectivity index (χ4n) is 3.72. The molecule has 1 aromatic carbocycles. The lowest BCUT2D eigenvalue weighted by molar-refractivity contribution is -0.136. The number of anilines is 2. The fourth-order valence-corrected chi connectivity index (χ4v) is 3.72. The molecular formula is C20H23N5O3. The van der Waals surface area contributed by atoms with Gasteiger partial charge in [-0.2, -0.15) is 0 Å². The number of hydrogen-bond donors (Lipinski definition) is 0. The Labute approximate surface area is 163 Å². The molecule has 1 unspecified atom stereocenters. The normalized spacial score (nSPS) is 19.8. The molecule has 146 valence electrons. The molecule has 2 aliphatic heterocycles. The number of rotatable bonds is 4. The van der Waals surface area contributed by atoms with Gasteiger partial charge in [-0.25, -0.2) is 9.97 Å². The van der Waals surface area contributed by atoms with Crippen molar-refractivity contribution in [3.8, 4) is 5.75 Å². The van der Waals surface area contributed by atoms with Crippen LogP contribution in [0.1, 0.15) is 6.42 Å². The molecule has 2 amide bonds. The summed E-state index contributed by atoms with van der Waals surface area (Å²) in [4.78, 5) is 39.6. The zero-order chi connectivity index (χ0) is 19.5. The number of nitrogens with zero attached hydrogens (tertiary/aromatic N) is 5. The highest BCUT2D eigenvalue weighted by Gasteiger charge is 2.38. The van der Waals surface area contributed by atoms with E-state index in [9.17, 15) is 9.59 Å². The van der Waals surface area contributed by atoms with Gasteiger partial charge in [-0.3, -0.25) is 9.59 Å². The molecule has 0 saturated carbocycles. The lowest BCUT2D eigenvalue weighted by atomic mass is 10.1. The minimum Gasteiger partial charge on any atom is -0.497 e. The lowest BCUT2D eigenvalue weighted by Crippen LogP contribution is -2.51. The summed E-state index contributed by atoms with van der Waals surface area (Å²) in [5, 5.41) is 0. The molecular weight excluding hydrogens is 358 g/mol. The van der Waals surface area contributed by atoms with Gasteiger partial charge in [-0.1, -0.05) is 0 Å². The Bertz CT molecular complexity index is 835. The van der Waals surface area contributed by atoms with Crippen LogP contribution in [0.2, 0.25) is 0 Å². The van der Waals surface area contributed by atoms with Crippen LogP contribution >= 0.6 is 0 Å². The zero-order valence-corrected chi connectivity index (χ0v) is 15.8. The standard InChI is InChI=1S/C20H23N5O3/c1-28-17-5-3-16(4-6-17)25-14-15(13-18(25)26)19(27)23-9-11-24(12-10-23)20-21-7-2-8-22-20/h2-8,15H,9-14H2,1H3. The van der Waals surface area contributed by atoms with Crippen LogP contribution in [-0.2, 0) is 9.59 Å². The van der Waals surface area contributed by atoms with Crippen LogP contribution < -0.4 is 14.5 Å². The summed E-state index contributed by atoms with van der Waals surface area (Å²) in [7, 11) is 1.61. The quantitative estimate of drug-likeness (QED) is 0.792. The van der Waals surface area contributed by atoms with Crippen molar-refractivity contribution < 1.29 is 14.3 Å². The third-order valence-corrected chi connectivity index (χ3v) is 5.28. The Hall–Kier alpha value is -3.16. The van der Waals surface area contributed by atoms with Crippen LogP contribution in [0, 0.1) is 5.92 Å². The smallest absolute Gasteiger partial charge is 0.228 e. The van der Waals surface area contributed by atoms with E-state index in [2.05, 4.69) is 14.9 Å². The summed E-state index contributed by atoms with van der Waals surface area (Å²) in [6.07, 6.45) is 3.70. The Morgan fingerprint density at radius 3 is 2.39 bits per heavy atom. The Kier molecular flexibility index (Phi) is 5.10. The number of amides is 2. The maximum Gasteiger partial charge on any atom is 0.228 e. The van der Waals surface area contributed by atoms with Gasteiger partial charge in [-0.15, -0.1) is 0 Å². The van der Waals surface area contributed by atoms with Crippen LogP contribution in [0.5, 0.6) is 5.75 Å². The van der Waals surface area contributed by atoms with Gasteiger partial charge in [0.2, 0.25) is 17.8 Å². The fraction of sp³-hybridized carbons (Fsp3) is 0.400. The van der Waals surface area contributed by atoms with Crippen molar-refractivity contribution in [2.45, 2.75) is 6.42 Å². The zero-order valence-electron chi connectivity index (χ0n) is 15.8. The van der Waals surface area contributed by atoms with Crippen LogP contribution in [0.25, 0.3) is 0 Å². The second-order valence-electron chi connectivity index (χ2n) is 6.96. The van der Waals surface area contributed by atoms with Crippen LogP contribution in [-0.4, -0.2) is 66.5 Å². The second-order valence-corrected chi connectivity index (χ2v) is 6.96. The van der Waals surface area contributed by atoms with Gasteiger partial charge in [0.15, 0.2) is 0 Å². The highest BCUT2D eigenvalue weighted by Crippen LogP contribution is 2.28. The molecule has 1 atom stereocenters. The molecule has 8 nitrogen and oxygen atoms in total. The van der Waals surface area contributed by atoms with Crippen LogP contribution in [0.15, 0.2) is 42.7 Å². The van der Waals surface area contributed by atoms with Gasteiger partial charge in [0.1, 0.15) is 5.75 Å². The molecule has 0 spiro atoms. The number of aromatic nitrogens is 2. The van der Waals surface area contributed by atoms with Crippen LogP contribution in [0.3, 0.4) is 0 Å². The molecule has 2 aliphatic rings. The van der Waals surface area contributed by atoms with E-state index in [0.717, 1.165) is 11.4 Å². The first-order valence-corrected chi connectivity index (χ1v) is 9.41. The van der Waals surface area contributed by atoms with E-state index >= 15 is 0 Å². The minimum atomic E-state index is -0.297. The van der Waals surface area contributed by atoms with Crippen molar-refractivity contribution in [3.63, 3.8) is 0 Å². The summed E-state index contributed by atoms with van der Waals surface area (Å²) in [5.41, 5.74) is 0.798. The van der Waals surface area contributed by atoms with E-state index in [-0.39, 0.29) is 24.2 Å². The molecule has 0 N–H and O–H groups in total. The molecule has 28 heavy (non-hydrogen) atoms. The summed E-state index contributed by atoms with van der Waals surface area (Å²) >= 11 is 0. The third-order valence-electron chi connectivity index (χ3n) is 5.28. The van der Waals surface area contributed by atoms with E-state index in [1.54, 1.807) is 30.5 Å². The number of carbonyl (C=O) groups is 2. The Morgan fingerprint density at radius 1 is 1.07 bits per heavy atom. The Morgan fingerprint density at radius 2 is 1.75 bits per heavy atom. The van der Waals surface area contributed by atoms with Crippen molar-refractivity contribution in [2.24, 2.45) is 5.92 Å². The molecule has 2 fully saturated rings. The van der Waals surface area contributed by atoms with E-state index < -0.39 is 0 Å². The summed E-state index contributed by atoms with van der Waals surface area (Å²) in [6.45, 7) is 3.04. The highest BCUT2D eigenvalue weighted by molar-refractivity contribution is 6.00. The maximum atomic E-state index is 12.9. The summed E-state index contributed by atoms with van der Waals surface area (Å²) in [6, 6.07) is 9.13. The van der Waals surface area contributed by atoms with E-state index in [4.69, 9.17) is 4.74 Å². The number of benzene rings is 1. The second kappa shape index (κ2) is 7.84. The molecule has 1 aromatic heterocycles. The first-order valence-electron chi connectivity index (χ1n) is 9.41. The molecule has 3 heterocycles. The maximum absolute atomic E-state index is 12.9. The first-order chi connectivity index (χ1) is 13.7. The van der Waals surface area contributed by atoms with Crippen molar-refractivity contribution in [1.82, 2.24) is 14.9 Å². The largest absolute Gasteiger partial charge is 0.497 e. The number of ether oxygens (including phenoxy) is 1. The van der Waals surface area contributed by atoms with E-state index in [1.807, 2.05) is 29.2 Å². The van der Waals surface area contributed by atoms with E-state index in [0.29, 0.717) is 38.7 Å². The van der Waals surface area contributed by atoms with Crippen molar-refractivity contribution in [1.29, 1.82) is 0 Å². The highest BCUT2D eigenvalue weighted by atomic mass is 16.5. The van der Waals surface area contributed by atoms with Gasteiger partial charge < -0.3 is 19.4 Å². The number of methoxy groups -OCH3 is 1. The number of carbonyl (C=O) groups excluding carboxylic acids is 2. The predicted molar refractivity (Wildman–Crippen MR) is 104 cm³/mol. The van der Waals surface area contributed by atoms with Crippen molar-refractivity contribution in [3.05, 3.63) is 42.7 Å². The number of hydrogen-bond acceptors (Lipinski definition) is 6. The van der Waals surface area contributed by atoms with Gasteiger partial charge in [0.25, 0.3) is 0 Å². The van der Waals surface area contributed by atoms with Crippen molar-refractivity contribution >= 4 is 23.5 Å². The first kappa shape index (κ1) is 18.2. The summed E-state index contributed by atoms with van der Waals surface area (Å²) < 4.78 is 5.16. The molecule has 0 radical (unpaired) electrons. The molecule has 0 bridgehead atoms. The van der Waals surface area contributed by atoms with Crippen molar-refractivity contribution in [2.75, 3.05) is 49.6 Å². The van der Waals surface area contributed by atoms with Gasteiger partial charge in [0, 0.05) is 57.2 Å². The average molecular weight is 381 g/mol. The number of piperazine rings is 1. The minimum absolute atomic E-state index is 0.0140. The predicted octanol–water partition coefficient (Wildman–Crippen LogP) is 1.19. The Balaban J connectivity index is 1.36.